The molecule has 1 rings (SSSR count). The first-order valence-electron chi connectivity index (χ1n) is 4.31. The van der Waals surface area contributed by atoms with E-state index in [1.165, 1.54) is 6.07 Å². The highest BCUT2D eigenvalue weighted by Crippen LogP contribution is 2.17. The predicted octanol–water partition coefficient (Wildman–Crippen LogP) is 2.41. The molecule has 0 saturated carbocycles. The number of hydrogen-bond acceptors (Lipinski definition) is 2. The smallest absolute Gasteiger partial charge is 0.123 e. The molecule has 1 N–H and O–H groups in total. The van der Waals surface area contributed by atoms with Crippen LogP contribution in [0.5, 0.6) is 0 Å². The van der Waals surface area contributed by atoms with Gasteiger partial charge in [0, 0.05) is 6.04 Å². The molecular formula is C10H14FNS. The number of nitrogens with one attached hydrogen (secondary N) is 1. The average Bonchev–Trinajstić information content (AvgIpc) is 2.14. The van der Waals surface area contributed by atoms with E-state index in [1.807, 2.05) is 13.1 Å². The second kappa shape index (κ2) is 5.25. The zero-order chi connectivity index (χ0) is 9.68. The molecule has 0 spiro atoms. The van der Waals surface area contributed by atoms with Crippen LogP contribution in [0, 0.1) is 5.82 Å². The summed E-state index contributed by atoms with van der Waals surface area (Å²) in [5.74, 6) is 0.610. The summed E-state index contributed by atoms with van der Waals surface area (Å²) in [5.41, 5.74) is 0.983. The van der Waals surface area contributed by atoms with Crippen LogP contribution in [0.25, 0.3) is 0 Å². The van der Waals surface area contributed by atoms with Crippen molar-refractivity contribution in [2.45, 2.75) is 12.5 Å². The molecule has 0 fully saturated rings. The van der Waals surface area contributed by atoms with Crippen molar-refractivity contribution >= 4 is 12.6 Å². The maximum atomic E-state index is 12.9. The summed E-state index contributed by atoms with van der Waals surface area (Å²) in [6, 6.07) is 6.87. The van der Waals surface area contributed by atoms with Crippen LogP contribution in [0.4, 0.5) is 4.39 Å². The molecule has 0 aromatic heterocycles. The third-order valence-electron chi connectivity index (χ3n) is 2.02. The fraction of sp³-hybridized carbons (Fsp3) is 0.400. The molecule has 0 bridgehead atoms. The van der Waals surface area contributed by atoms with Gasteiger partial charge in [0.2, 0.25) is 0 Å². The van der Waals surface area contributed by atoms with Crippen LogP contribution in [0.1, 0.15) is 18.0 Å². The Bertz CT molecular complexity index is 265. The van der Waals surface area contributed by atoms with Gasteiger partial charge >= 0.3 is 0 Å². The first-order valence-corrected chi connectivity index (χ1v) is 4.94. The summed E-state index contributed by atoms with van der Waals surface area (Å²) in [7, 11) is 1.87. The Labute approximate surface area is 83.8 Å². The number of hydrogen-bond donors (Lipinski definition) is 2. The topological polar surface area (TPSA) is 12.0 Å². The molecule has 72 valence electrons. The zero-order valence-corrected chi connectivity index (χ0v) is 8.52. The van der Waals surface area contributed by atoms with Gasteiger partial charge in [-0.3, -0.25) is 0 Å². The number of benzene rings is 1. The summed E-state index contributed by atoms with van der Waals surface area (Å²) < 4.78 is 12.9. The third kappa shape index (κ3) is 3.01. The molecule has 1 unspecified atom stereocenters. The van der Waals surface area contributed by atoms with E-state index in [-0.39, 0.29) is 11.9 Å². The third-order valence-corrected chi connectivity index (χ3v) is 2.28. The van der Waals surface area contributed by atoms with Gasteiger partial charge in [-0.15, -0.1) is 0 Å². The van der Waals surface area contributed by atoms with Crippen molar-refractivity contribution in [1.82, 2.24) is 5.32 Å². The molecule has 3 heteroatoms. The van der Waals surface area contributed by atoms with Gasteiger partial charge in [-0.25, -0.2) is 4.39 Å². The summed E-state index contributed by atoms with van der Waals surface area (Å²) >= 11 is 4.16. The molecule has 1 aromatic carbocycles. The van der Waals surface area contributed by atoms with Crippen LogP contribution in [0.15, 0.2) is 24.3 Å². The van der Waals surface area contributed by atoms with Crippen LogP contribution in [-0.2, 0) is 0 Å². The van der Waals surface area contributed by atoms with E-state index in [1.54, 1.807) is 12.1 Å². The van der Waals surface area contributed by atoms with E-state index in [9.17, 15) is 4.39 Å². The Hall–Kier alpha value is -0.540. The highest BCUT2D eigenvalue weighted by atomic mass is 32.1. The lowest BCUT2D eigenvalue weighted by Gasteiger charge is -2.15. The first-order chi connectivity index (χ1) is 6.27. The Morgan fingerprint density at radius 3 is 2.85 bits per heavy atom. The largest absolute Gasteiger partial charge is 0.313 e. The Morgan fingerprint density at radius 2 is 2.31 bits per heavy atom. The molecule has 0 heterocycles. The molecule has 0 amide bonds. The molecule has 0 saturated heterocycles. The van der Waals surface area contributed by atoms with Gasteiger partial charge in [0.25, 0.3) is 0 Å². The van der Waals surface area contributed by atoms with Crippen molar-refractivity contribution in [1.29, 1.82) is 0 Å². The highest BCUT2D eigenvalue weighted by molar-refractivity contribution is 7.80. The van der Waals surface area contributed by atoms with Crippen molar-refractivity contribution < 1.29 is 4.39 Å². The highest BCUT2D eigenvalue weighted by Gasteiger charge is 2.07. The minimum absolute atomic E-state index is 0.183. The second-order valence-corrected chi connectivity index (χ2v) is 3.36. The van der Waals surface area contributed by atoms with Crippen molar-refractivity contribution in [3.05, 3.63) is 35.6 Å². The van der Waals surface area contributed by atoms with Crippen LogP contribution in [-0.4, -0.2) is 12.8 Å². The molecule has 0 aliphatic carbocycles. The van der Waals surface area contributed by atoms with Gasteiger partial charge in [0.15, 0.2) is 0 Å². The standard InChI is InChI=1S/C10H14FNS/c1-12-10(5-6-13)8-3-2-4-9(11)7-8/h2-4,7,10,12-13H,5-6H2,1H3. The van der Waals surface area contributed by atoms with E-state index in [0.717, 1.165) is 17.7 Å². The maximum Gasteiger partial charge on any atom is 0.123 e. The van der Waals surface area contributed by atoms with Crippen molar-refractivity contribution in [2.24, 2.45) is 0 Å². The van der Waals surface area contributed by atoms with Crippen LogP contribution >= 0.6 is 12.6 Å². The fourth-order valence-electron chi connectivity index (χ4n) is 1.33. The van der Waals surface area contributed by atoms with E-state index in [2.05, 4.69) is 17.9 Å². The quantitative estimate of drug-likeness (QED) is 0.710. The average molecular weight is 199 g/mol. The number of rotatable bonds is 4. The Morgan fingerprint density at radius 1 is 1.54 bits per heavy atom. The molecule has 1 nitrogen and oxygen atoms in total. The minimum atomic E-state index is -0.183. The summed E-state index contributed by atoms with van der Waals surface area (Å²) in [4.78, 5) is 0. The van der Waals surface area contributed by atoms with Gasteiger partial charge in [-0.2, -0.15) is 12.6 Å². The van der Waals surface area contributed by atoms with Gasteiger partial charge in [0.05, 0.1) is 0 Å². The van der Waals surface area contributed by atoms with Gasteiger partial charge in [-0.1, -0.05) is 12.1 Å². The molecule has 0 aliphatic rings. The summed E-state index contributed by atoms with van der Waals surface area (Å²) in [5, 5.41) is 3.13. The molecule has 13 heavy (non-hydrogen) atoms. The van der Waals surface area contributed by atoms with Crippen molar-refractivity contribution in [3.63, 3.8) is 0 Å². The Kier molecular flexibility index (Phi) is 4.25. The lowest BCUT2D eigenvalue weighted by molar-refractivity contribution is 0.569. The molecule has 0 aliphatic heterocycles. The molecule has 1 atom stereocenters. The zero-order valence-electron chi connectivity index (χ0n) is 7.63. The lowest BCUT2D eigenvalue weighted by Crippen LogP contribution is -2.16. The summed E-state index contributed by atoms with van der Waals surface area (Å²) in [6.07, 6.45) is 0.906. The Balaban J connectivity index is 2.78. The SMILES string of the molecule is CNC(CCS)c1cccc(F)c1. The lowest BCUT2D eigenvalue weighted by atomic mass is 10.0. The van der Waals surface area contributed by atoms with Crippen molar-refractivity contribution in [3.8, 4) is 0 Å². The fourth-order valence-corrected chi connectivity index (χ4v) is 1.59. The van der Waals surface area contributed by atoms with Crippen LogP contribution in [0.2, 0.25) is 0 Å². The van der Waals surface area contributed by atoms with Gasteiger partial charge in [-0.05, 0) is 36.9 Å². The second-order valence-electron chi connectivity index (χ2n) is 2.91. The van der Waals surface area contributed by atoms with Gasteiger partial charge < -0.3 is 5.32 Å². The maximum absolute atomic E-state index is 12.9. The van der Waals surface area contributed by atoms with Crippen LogP contribution in [0.3, 0.4) is 0 Å². The van der Waals surface area contributed by atoms with E-state index < -0.39 is 0 Å². The van der Waals surface area contributed by atoms with E-state index >= 15 is 0 Å². The van der Waals surface area contributed by atoms with Crippen LogP contribution < -0.4 is 5.32 Å². The number of halogens is 1. The van der Waals surface area contributed by atoms with E-state index in [0.29, 0.717) is 0 Å². The first kappa shape index (κ1) is 10.5. The normalized spacial score (nSPS) is 12.8. The van der Waals surface area contributed by atoms with Gasteiger partial charge in [0.1, 0.15) is 5.82 Å². The predicted molar refractivity (Wildman–Crippen MR) is 56.7 cm³/mol. The molecule has 0 radical (unpaired) electrons. The monoisotopic (exact) mass is 199 g/mol. The minimum Gasteiger partial charge on any atom is -0.313 e. The molecule has 1 aromatic rings. The van der Waals surface area contributed by atoms with E-state index in [4.69, 9.17) is 0 Å². The molecular weight excluding hydrogens is 185 g/mol. The summed E-state index contributed by atoms with van der Waals surface area (Å²) in [6.45, 7) is 0. The number of thiol groups is 1. The van der Waals surface area contributed by atoms with Crippen molar-refractivity contribution in [2.75, 3.05) is 12.8 Å².